The smallest absolute Gasteiger partial charge is 0.362 e. The van der Waals surface area contributed by atoms with Crippen LogP contribution in [-0.2, 0) is 28.6 Å². The normalized spacial score (nSPS) is 13.1. The molecule has 8 nitrogen and oxygen atoms in total. The summed E-state index contributed by atoms with van der Waals surface area (Å²) in [5.41, 5.74) is 0. The Morgan fingerprint density at radius 3 is 1.30 bits per heavy atom. The predicted octanol–water partition coefficient (Wildman–Crippen LogP) is 15.8. The summed E-state index contributed by atoms with van der Waals surface area (Å²) in [5, 5.41) is 9.66. The van der Waals surface area contributed by atoms with Gasteiger partial charge in [0.05, 0.1) is 34.4 Å². The zero-order valence-corrected chi connectivity index (χ0v) is 42.7. The fourth-order valence-electron chi connectivity index (χ4n) is 8.17. The molecule has 0 aromatic rings. The average Bonchev–Trinajstić information content (AvgIpc) is 3.26. The molecule has 0 fully saturated rings. The van der Waals surface area contributed by atoms with Crippen LogP contribution in [0.5, 0.6) is 0 Å². The molecule has 0 rings (SSSR count). The van der Waals surface area contributed by atoms with Gasteiger partial charge in [0, 0.05) is 19.3 Å². The number of carbonyl (C=O) groups is 3. The first-order valence-electron chi connectivity index (χ1n) is 27.0. The van der Waals surface area contributed by atoms with E-state index >= 15 is 0 Å². The van der Waals surface area contributed by atoms with Crippen molar-refractivity contribution in [3.8, 4) is 0 Å². The lowest BCUT2D eigenvalue weighted by molar-refractivity contribution is -0.887. The Morgan fingerprint density at radius 1 is 0.484 bits per heavy atom. The van der Waals surface area contributed by atoms with Gasteiger partial charge in [0.2, 0.25) is 0 Å². The monoisotopic (exact) mass is 903 g/mol. The lowest BCUT2D eigenvalue weighted by Crippen LogP contribution is -2.50. The molecule has 0 aliphatic heterocycles. The summed E-state index contributed by atoms with van der Waals surface area (Å²) in [7, 11) is 5.54. The number of hydrogen-bond donors (Lipinski definition) is 1. The minimum Gasteiger partial charge on any atom is -0.477 e. The van der Waals surface area contributed by atoms with E-state index in [-0.39, 0.29) is 36.2 Å². The van der Waals surface area contributed by atoms with Crippen LogP contribution in [0.2, 0.25) is 0 Å². The zero-order valence-electron chi connectivity index (χ0n) is 42.7. The minimum absolute atomic E-state index is 0.0484. The van der Waals surface area contributed by atoms with E-state index in [4.69, 9.17) is 14.2 Å². The Labute approximate surface area is 395 Å². The van der Waals surface area contributed by atoms with Crippen LogP contribution in [0.15, 0.2) is 36.5 Å². The number of likely N-dealkylation sites (N-methyl/N-ethyl adjacent to an activating group) is 1. The van der Waals surface area contributed by atoms with Crippen LogP contribution in [-0.4, -0.2) is 80.6 Å². The van der Waals surface area contributed by atoms with Crippen molar-refractivity contribution in [1.82, 2.24) is 0 Å². The summed E-state index contributed by atoms with van der Waals surface area (Å²) in [6.07, 6.45) is 56.2. The fraction of sp³-hybridized carbons (Fsp3) is 0.839. The second kappa shape index (κ2) is 47.1. The van der Waals surface area contributed by atoms with Crippen molar-refractivity contribution in [3.63, 3.8) is 0 Å². The van der Waals surface area contributed by atoms with Gasteiger partial charge in [-0.25, -0.2) is 4.79 Å². The van der Waals surface area contributed by atoms with Crippen LogP contribution in [0.4, 0.5) is 0 Å². The van der Waals surface area contributed by atoms with E-state index in [2.05, 4.69) is 50.3 Å². The summed E-state index contributed by atoms with van der Waals surface area (Å²) in [6.45, 7) is 4.67. The van der Waals surface area contributed by atoms with Gasteiger partial charge in [0.1, 0.15) is 6.61 Å². The van der Waals surface area contributed by atoms with Gasteiger partial charge in [-0.15, -0.1) is 0 Å². The van der Waals surface area contributed by atoms with E-state index in [1.54, 1.807) is 0 Å². The Bertz CT molecular complexity index is 1140. The SMILES string of the molecule is CC/C=C/C/C=C/C/C=C/CCCCCCCCCCCCC(=O)OC(COCCC(C(=O)O)[N+](C)(C)C)COC(=O)CCCCCCCCCCCCCCCCCCCCCC. The van der Waals surface area contributed by atoms with E-state index in [9.17, 15) is 19.5 Å². The number of hydrogen-bond acceptors (Lipinski definition) is 6. The van der Waals surface area contributed by atoms with Crippen LogP contribution in [0, 0.1) is 0 Å². The van der Waals surface area contributed by atoms with E-state index in [1.807, 2.05) is 21.1 Å². The lowest BCUT2D eigenvalue weighted by Gasteiger charge is -2.31. The topological polar surface area (TPSA) is 99.1 Å². The van der Waals surface area contributed by atoms with Gasteiger partial charge in [-0.1, -0.05) is 224 Å². The van der Waals surface area contributed by atoms with E-state index in [0.29, 0.717) is 19.3 Å². The van der Waals surface area contributed by atoms with Crippen LogP contribution in [0.1, 0.15) is 251 Å². The number of aliphatic carboxylic acids is 1. The Morgan fingerprint density at radius 2 is 0.875 bits per heavy atom. The van der Waals surface area contributed by atoms with E-state index < -0.39 is 18.1 Å². The molecule has 0 heterocycles. The van der Waals surface area contributed by atoms with Crippen molar-refractivity contribution in [2.75, 3.05) is 41.0 Å². The largest absolute Gasteiger partial charge is 0.477 e. The van der Waals surface area contributed by atoms with Crippen LogP contribution in [0.25, 0.3) is 0 Å². The summed E-state index contributed by atoms with van der Waals surface area (Å²) in [6, 6.07) is -0.614. The number of carbonyl (C=O) groups excluding carboxylic acids is 2. The van der Waals surface area contributed by atoms with Gasteiger partial charge in [-0.3, -0.25) is 9.59 Å². The van der Waals surface area contributed by atoms with Crippen LogP contribution >= 0.6 is 0 Å². The van der Waals surface area contributed by atoms with Gasteiger partial charge >= 0.3 is 17.9 Å². The van der Waals surface area contributed by atoms with Gasteiger partial charge in [-0.2, -0.15) is 0 Å². The number of carboxylic acids is 1. The van der Waals surface area contributed by atoms with Crippen LogP contribution < -0.4 is 0 Å². The number of unbranched alkanes of at least 4 members (excludes halogenated alkanes) is 29. The van der Waals surface area contributed by atoms with Crippen molar-refractivity contribution in [2.45, 2.75) is 264 Å². The number of carboxylic acid groups (broad SMARTS) is 1. The number of quaternary nitrogens is 1. The molecule has 0 aliphatic rings. The average molecular weight is 903 g/mol. The third kappa shape index (κ3) is 44.7. The van der Waals surface area contributed by atoms with Crippen LogP contribution in [0.3, 0.4) is 0 Å². The van der Waals surface area contributed by atoms with E-state index in [1.165, 1.54) is 161 Å². The maximum Gasteiger partial charge on any atom is 0.362 e. The number of ether oxygens (including phenoxy) is 3. The number of esters is 2. The summed E-state index contributed by atoms with van der Waals surface area (Å²) < 4.78 is 17.4. The molecule has 8 heteroatoms. The summed E-state index contributed by atoms with van der Waals surface area (Å²) >= 11 is 0. The molecule has 0 aliphatic carbocycles. The van der Waals surface area contributed by atoms with Crippen molar-refractivity contribution < 1.29 is 38.2 Å². The third-order valence-electron chi connectivity index (χ3n) is 12.3. The molecule has 2 unspecified atom stereocenters. The molecule has 0 bridgehead atoms. The second-order valence-corrected chi connectivity index (χ2v) is 19.5. The first-order chi connectivity index (χ1) is 31.1. The first-order valence-corrected chi connectivity index (χ1v) is 27.0. The number of rotatable bonds is 49. The Kier molecular flexibility index (Phi) is 45.3. The molecule has 0 aromatic heterocycles. The summed E-state index contributed by atoms with van der Waals surface area (Å²) in [5.74, 6) is -1.45. The molecule has 0 saturated heterocycles. The Balaban J connectivity index is 4.18. The molecule has 1 N–H and O–H groups in total. The molecule has 0 spiro atoms. The maximum atomic E-state index is 12.8. The number of nitrogens with zero attached hydrogens (tertiary/aromatic N) is 1. The maximum absolute atomic E-state index is 12.8. The molecule has 64 heavy (non-hydrogen) atoms. The quantitative estimate of drug-likeness (QED) is 0.0281. The van der Waals surface area contributed by atoms with Crippen molar-refractivity contribution >= 4 is 17.9 Å². The van der Waals surface area contributed by atoms with Crippen molar-refractivity contribution in [1.29, 1.82) is 0 Å². The third-order valence-corrected chi connectivity index (χ3v) is 12.3. The van der Waals surface area contributed by atoms with Gasteiger partial charge < -0.3 is 23.8 Å². The van der Waals surface area contributed by atoms with Gasteiger partial charge in [0.25, 0.3) is 0 Å². The molecule has 0 saturated carbocycles. The highest BCUT2D eigenvalue weighted by Gasteiger charge is 2.31. The standard InChI is InChI=1S/C56H103NO7/c1-6-8-10-12-14-16-18-20-22-24-26-28-30-32-34-36-38-40-42-44-46-54(58)63-51-52(50-62-49-48-53(56(60)61)57(3,4)5)64-55(59)47-45-43-41-39-37-35-33-31-29-27-25-23-21-19-17-15-13-11-9-7-2/h9,11,15,17,21,23,52-53H,6-8,10,12-14,16,18-20,22,24-51H2,1-5H3/p+1/b11-9+,17-15+,23-21+. The van der Waals surface area contributed by atoms with E-state index in [0.717, 1.165) is 57.8 Å². The molecular weight excluding hydrogens is 799 g/mol. The highest BCUT2D eigenvalue weighted by Crippen LogP contribution is 2.17. The molecule has 0 amide bonds. The molecule has 0 radical (unpaired) electrons. The predicted molar refractivity (Wildman–Crippen MR) is 271 cm³/mol. The first kappa shape index (κ1) is 61.5. The van der Waals surface area contributed by atoms with Crippen molar-refractivity contribution in [3.05, 3.63) is 36.5 Å². The minimum atomic E-state index is -0.872. The van der Waals surface area contributed by atoms with Gasteiger partial charge in [0.15, 0.2) is 12.1 Å². The molecule has 2 atom stereocenters. The summed E-state index contributed by atoms with van der Waals surface area (Å²) in [4.78, 5) is 37.2. The molecule has 0 aromatic carbocycles. The fourth-order valence-corrected chi connectivity index (χ4v) is 8.17. The zero-order chi connectivity index (χ0) is 47.0. The molecular formula is C56H104NO7+. The molecule has 374 valence electrons. The van der Waals surface area contributed by atoms with Crippen molar-refractivity contribution in [2.24, 2.45) is 0 Å². The highest BCUT2D eigenvalue weighted by molar-refractivity contribution is 5.72. The Hall–Kier alpha value is -2.45. The van der Waals surface area contributed by atoms with Gasteiger partial charge in [-0.05, 0) is 44.9 Å². The lowest BCUT2D eigenvalue weighted by atomic mass is 10.0. The number of allylic oxidation sites excluding steroid dienone is 6. The highest BCUT2D eigenvalue weighted by atomic mass is 16.6. The second-order valence-electron chi connectivity index (χ2n) is 19.5.